The zero-order valence-corrected chi connectivity index (χ0v) is 17.7. The summed E-state index contributed by atoms with van der Waals surface area (Å²) in [5.74, 6) is -0.450. The van der Waals surface area contributed by atoms with Crippen molar-refractivity contribution in [3.05, 3.63) is 48.0 Å². The molecule has 156 valence electrons. The standard InChI is InChI=1S/C20H25N3O5S/c1-5-23(29(26,27)19-12-14(2)6-11-18(19)28-4)13-20(25)22-17-9-7-16(8-10-17)21-15(3)24/h6-12H,5,13H2,1-4H3,(H,21,24)(H,22,25). The largest absolute Gasteiger partial charge is 0.495 e. The lowest BCUT2D eigenvalue weighted by Crippen LogP contribution is -2.38. The van der Waals surface area contributed by atoms with Crippen LogP contribution in [0, 0.1) is 6.92 Å². The van der Waals surface area contributed by atoms with Gasteiger partial charge in [-0.3, -0.25) is 9.59 Å². The quantitative estimate of drug-likeness (QED) is 0.684. The molecule has 0 aliphatic rings. The predicted octanol–water partition coefficient (Wildman–Crippen LogP) is 2.61. The molecule has 2 N–H and O–H groups in total. The second kappa shape index (κ2) is 9.53. The van der Waals surface area contributed by atoms with Crippen molar-refractivity contribution in [1.29, 1.82) is 0 Å². The SMILES string of the molecule is CCN(CC(=O)Nc1ccc(NC(C)=O)cc1)S(=O)(=O)c1cc(C)ccc1OC. The van der Waals surface area contributed by atoms with Crippen molar-refractivity contribution in [1.82, 2.24) is 4.31 Å². The van der Waals surface area contributed by atoms with E-state index >= 15 is 0 Å². The van der Waals surface area contributed by atoms with Crippen LogP contribution in [-0.2, 0) is 19.6 Å². The summed E-state index contributed by atoms with van der Waals surface area (Å²) < 4.78 is 32.4. The molecule has 0 radical (unpaired) electrons. The maximum atomic E-state index is 13.1. The molecule has 0 aliphatic heterocycles. The Morgan fingerprint density at radius 3 is 2.14 bits per heavy atom. The van der Waals surface area contributed by atoms with Gasteiger partial charge in [-0.2, -0.15) is 4.31 Å². The van der Waals surface area contributed by atoms with Crippen LogP contribution in [0.25, 0.3) is 0 Å². The summed E-state index contributed by atoms with van der Waals surface area (Å²) in [4.78, 5) is 23.5. The number of nitrogens with one attached hydrogen (secondary N) is 2. The van der Waals surface area contributed by atoms with Crippen LogP contribution in [0.3, 0.4) is 0 Å². The fourth-order valence-corrected chi connectivity index (χ4v) is 4.34. The summed E-state index contributed by atoms with van der Waals surface area (Å²) in [5.41, 5.74) is 1.86. The van der Waals surface area contributed by atoms with Crippen LogP contribution < -0.4 is 15.4 Å². The Kier molecular flexibility index (Phi) is 7.35. The first-order valence-electron chi connectivity index (χ1n) is 8.99. The number of rotatable bonds is 8. The second-order valence-corrected chi connectivity index (χ2v) is 8.30. The minimum Gasteiger partial charge on any atom is -0.495 e. The zero-order chi connectivity index (χ0) is 21.6. The van der Waals surface area contributed by atoms with E-state index in [0.717, 1.165) is 9.87 Å². The van der Waals surface area contributed by atoms with Gasteiger partial charge in [-0.1, -0.05) is 13.0 Å². The van der Waals surface area contributed by atoms with Crippen molar-refractivity contribution < 1.29 is 22.7 Å². The molecule has 0 bridgehead atoms. The molecule has 29 heavy (non-hydrogen) atoms. The summed E-state index contributed by atoms with van der Waals surface area (Å²) in [5, 5.41) is 5.29. The third-order valence-electron chi connectivity index (χ3n) is 4.10. The molecule has 0 saturated heterocycles. The molecule has 9 heteroatoms. The molecule has 0 heterocycles. The number of likely N-dealkylation sites (N-methyl/N-ethyl adjacent to an activating group) is 1. The molecule has 2 amide bonds. The van der Waals surface area contributed by atoms with Crippen molar-refractivity contribution in [3.8, 4) is 5.75 Å². The fourth-order valence-electron chi connectivity index (χ4n) is 2.69. The number of carbonyl (C=O) groups excluding carboxylic acids is 2. The number of anilines is 2. The van der Waals surface area contributed by atoms with Gasteiger partial charge in [-0.25, -0.2) is 8.42 Å². The molecule has 0 unspecified atom stereocenters. The molecule has 2 rings (SSSR count). The molecular weight excluding hydrogens is 394 g/mol. The number of methoxy groups -OCH3 is 1. The molecule has 0 aromatic heterocycles. The highest BCUT2D eigenvalue weighted by Crippen LogP contribution is 2.27. The van der Waals surface area contributed by atoms with Gasteiger partial charge in [0, 0.05) is 24.8 Å². The molecule has 0 aliphatic carbocycles. The van der Waals surface area contributed by atoms with Gasteiger partial charge in [0.05, 0.1) is 13.7 Å². The summed E-state index contributed by atoms with van der Waals surface area (Å²) in [6.07, 6.45) is 0. The van der Waals surface area contributed by atoms with E-state index in [9.17, 15) is 18.0 Å². The van der Waals surface area contributed by atoms with E-state index < -0.39 is 15.9 Å². The Morgan fingerprint density at radius 2 is 1.62 bits per heavy atom. The van der Waals surface area contributed by atoms with Gasteiger partial charge >= 0.3 is 0 Å². The van der Waals surface area contributed by atoms with E-state index in [1.54, 1.807) is 50.2 Å². The average Bonchev–Trinajstić information content (AvgIpc) is 2.67. The molecule has 2 aromatic rings. The van der Waals surface area contributed by atoms with Crippen LogP contribution >= 0.6 is 0 Å². The monoisotopic (exact) mass is 419 g/mol. The van der Waals surface area contributed by atoms with Crippen LogP contribution in [0.15, 0.2) is 47.4 Å². The lowest BCUT2D eigenvalue weighted by Gasteiger charge is -2.21. The summed E-state index contributed by atoms with van der Waals surface area (Å²) in [7, 11) is -2.52. The molecule has 0 saturated carbocycles. The zero-order valence-electron chi connectivity index (χ0n) is 16.9. The van der Waals surface area contributed by atoms with E-state index in [1.165, 1.54) is 20.1 Å². The van der Waals surface area contributed by atoms with Gasteiger partial charge in [-0.05, 0) is 48.9 Å². The van der Waals surface area contributed by atoms with Crippen LogP contribution in [0.2, 0.25) is 0 Å². The summed E-state index contributed by atoms with van der Waals surface area (Å²) in [6, 6.07) is 11.4. The Labute approximate surface area is 170 Å². The fraction of sp³-hybridized carbons (Fsp3) is 0.300. The number of benzene rings is 2. The highest BCUT2D eigenvalue weighted by molar-refractivity contribution is 7.89. The van der Waals surface area contributed by atoms with Gasteiger partial charge < -0.3 is 15.4 Å². The van der Waals surface area contributed by atoms with Crippen molar-refractivity contribution >= 4 is 33.2 Å². The van der Waals surface area contributed by atoms with E-state index in [-0.39, 0.29) is 29.6 Å². The Morgan fingerprint density at radius 1 is 1.03 bits per heavy atom. The van der Waals surface area contributed by atoms with Gasteiger partial charge in [-0.15, -0.1) is 0 Å². The topological polar surface area (TPSA) is 105 Å². The van der Waals surface area contributed by atoms with E-state index in [1.807, 2.05) is 0 Å². The first-order valence-corrected chi connectivity index (χ1v) is 10.4. The predicted molar refractivity (Wildman–Crippen MR) is 112 cm³/mol. The van der Waals surface area contributed by atoms with E-state index in [2.05, 4.69) is 10.6 Å². The van der Waals surface area contributed by atoms with Crippen molar-refractivity contribution in [2.45, 2.75) is 25.7 Å². The highest BCUT2D eigenvalue weighted by Gasteiger charge is 2.28. The minimum absolute atomic E-state index is 0.0225. The lowest BCUT2D eigenvalue weighted by molar-refractivity contribution is -0.116. The average molecular weight is 420 g/mol. The van der Waals surface area contributed by atoms with Gasteiger partial charge in [0.1, 0.15) is 10.6 Å². The Bertz CT molecular complexity index is 988. The molecule has 2 aromatic carbocycles. The van der Waals surface area contributed by atoms with Crippen LogP contribution in [0.5, 0.6) is 5.75 Å². The maximum Gasteiger partial charge on any atom is 0.247 e. The van der Waals surface area contributed by atoms with Crippen molar-refractivity contribution in [2.24, 2.45) is 0 Å². The molecule has 8 nitrogen and oxygen atoms in total. The lowest BCUT2D eigenvalue weighted by atomic mass is 10.2. The number of nitrogens with zero attached hydrogens (tertiary/aromatic N) is 1. The summed E-state index contributed by atoms with van der Waals surface area (Å²) in [6.45, 7) is 4.62. The number of aryl methyl sites for hydroxylation is 1. The third-order valence-corrected chi connectivity index (χ3v) is 6.04. The van der Waals surface area contributed by atoms with Crippen LogP contribution in [-0.4, -0.2) is 44.7 Å². The van der Waals surface area contributed by atoms with Crippen molar-refractivity contribution in [2.75, 3.05) is 30.8 Å². The smallest absolute Gasteiger partial charge is 0.247 e. The number of amides is 2. The number of hydrogen-bond donors (Lipinski definition) is 2. The van der Waals surface area contributed by atoms with Gasteiger partial charge in [0.2, 0.25) is 21.8 Å². The highest BCUT2D eigenvalue weighted by atomic mass is 32.2. The van der Waals surface area contributed by atoms with Crippen LogP contribution in [0.4, 0.5) is 11.4 Å². The second-order valence-electron chi connectivity index (χ2n) is 6.39. The Balaban J connectivity index is 2.15. The van der Waals surface area contributed by atoms with Gasteiger partial charge in [0.25, 0.3) is 0 Å². The first kappa shape index (κ1) is 22.4. The Hall–Kier alpha value is -2.91. The molecular formula is C20H25N3O5S. The first-order chi connectivity index (χ1) is 13.7. The normalized spacial score (nSPS) is 11.2. The summed E-state index contributed by atoms with van der Waals surface area (Å²) >= 11 is 0. The number of carbonyl (C=O) groups is 2. The van der Waals surface area contributed by atoms with E-state index in [0.29, 0.717) is 11.4 Å². The van der Waals surface area contributed by atoms with Crippen molar-refractivity contribution in [3.63, 3.8) is 0 Å². The number of ether oxygens (including phenoxy) is 1. The number of sulfonamides is 1. The number of hydrogen-bond acceptors (Lipinski definition) is 5. The molecule has 0 fully saturated rings. The maximum absolute atomic E-state index is 13.1. The van der Waals surface area contributed by atoms with E-state index in [4.69, 9.17) is 4.74 Å². The third kappa shape index (κ3) is 5.78. The molecule has 0 atom stereocenters. The van der Waals surface area contributed by atoms with Crippen LogP contribution in [0.1, 0.15) is 19.4 Å². The van der Waals surface area contributed by atoms with Gasteiger partial charge in [0.15, 0.2) is 0 Å². The molecule has 0 spiro atoms. The minimum atomic E-state index is -3.92.